The van der Waals surface area contributed by atoms with Crippen molar-refractivity contribution in [2.75, 3.05) is 13.2 Å². The molecule has 2 aromatic carbocycles. The van der Waals surface area contributed by atoms with Crippen LogP contribution in [0.2, 0.25) is 0 Å². The number of nitrogens with zero attached hydrogens (tertiary/aromatic N) is 1. The van der Waals surface area contributed by atoms with Gasteiger partial charge in [0, 0.05) is 24.6 Å². The number of pyridine rings is 1. The molecule has 1 saturated heterocycles. The molecular weight excluding hydrogens is 340 g/mol. The third kappa shape index (κ3) is 4.26. The zero-order valence-electron chi connectivity index (χ0n) is 15.1. The van der Waals surface area contributed by atoms with Crippen molar-refractivity contribution in [1.82, 2.24) is 10.3 Å². The Hall–Kier alpha value is -2.92. The molecule has 4 rings (SSSR count). The second-order valence-corrected chi connectivity index (χ2v) is 6.64. The van der Waals surface area contributed by atoms with Crippen LogP contribution in [0.15, 0.2) is 60.7 Å². The molecular formula is C22H22N2O3. The first-order valence-electron chi connectivity index (χ1n) is 9.26. The van der Waals surface area contributed by atoms with E-state index in [4.69, 9.17) is 9.47 Å². The number of carbonyl (C=O) groups excluding carboxylic acids is 1. The standard InChI is InChI=1S/C22H22N2O3/c25-22(23-14-17-9-6-12-26-17)19-13-21(24-20-11-5-4-10-18(19)20)27-15-16-7-2-1-3-8-16/h1-5,7-8,10-11,13,17H,6,9,12,14-15H2,(H,23,25)/t17-/m0/s1. The summed E-state index contributed by atoms with van der Waals surface area (Å²) in [5, 5.41) is 3.80. The number of para-hydroxylation sites is 1. The SMILES string of the molecule is O=C(NC[C@@H]1CCCO1)c1cc(OCc2ccccc2)nc2ccccc12. The van der Waals surface area contributed by atoms with E-state index in [1.807, 2.05) is 54.6 Å². The van der Waals surface area contributed by atoms with Crippen LogP contribution in [0, 0.1) is 0 Å². The van der Waals surface area contributed by atoms with Crippen LogP contribution in [0.3, 0.4) is 0 Å². The number of hydrogen-bond acceptors (Lipinski definition) is 4. The van der Waals surface area contributed by atoms with Gasteiger partial charge in [-0.3, -0.25) is 4.79 Å². The maximum Gasteiger partial charge on any atom is 0.252 e. The molecule has 1 N–H and O–H groups in total. The largest absolute Gasteiger partial charge is 0.473 e. The quantitative estimate of drug-likeness (QED) is 0.726. The minimum atomic E-state index is -0.131. The Balaban J connectivity index is 1.55. The highest BCUT2D eigenvalue weighted by atomic mass is 16.5. The summed E-state index contributed by atoms with van der Waals surface area (Å²) in [6, 6.07) is 19.2. The molecule has 0 unspecified atom stereocenters. The molecule has 3 aromatic rings. The summed E-state index contributed by atoms with van der Waals surface area (Å²) in [5.74, 6) is 0.313. The average Bonchev–Trinajstić information content (AvgIpc) is 3.24. The molecule has 27 heavy (non-hydrogen) atoms. The normalized spacial score (nSPS) is 16.4. The highest BCUT2D eigenvalue weighted by molar-refractivity contribution is 6.06. The molecule has 1 aliphatic rings. The van der Waals surface area contributed by atoms with E-state index in [0.717, 1.165) is 35.9 Å². The van der Waals surface area contributed by atoms with Crippen molar-refractivity contribution in [3.63, 3.8) is 0 Å². The summed E-state index contributed by atoms with van der Waals surface area (Å²) in [4.78, 5) is 17.3. The number of nitrogens with one attached hydrogen (secondary N) is 1. The fraction of sp³-hybridized carbons (Fsp3) is 0.273. The Bertz CT molecular complexity index is 921. The highest BCUT2D eigenvalue weighted by Gasteiger charge is 2.18. The van der Waals surface area contributed by atoms with Gasteiger partial charge in [0.15, 0.2) is 0 Å². The van der Waals surface area contributed by atoms with Gasteiger partial charge in [0.2, 0.25) is 5.88 Å². The molecule has 1 amide bonds. The second-order valence-electron chi connectivity index (χ2n) is 6.64. The topological polar surface area (TPSA) is 60.5 Å². The third-order valence-corrected chi connectivity index (χ3v) is 4.68. The summed E-state index contributed by atoms with van der Waals surface area (Å²) in [6.07, 6.45) is 2.15. The van der Waals surface area contributed by atoms with Gasteiger partial charge >= 0.3 is 0 Å². The van der Waals surface area contributed by atoms with E-state index in [0.29, 0.717) is 24.6 Å². The Morgan fingerprint density at radius 1 is 1.15 bits per heavy atom. The summed E-state index contributed by atoms with van der Waals surface area (Å²) in [6.45, 7) is 1.70. The molecule has 1 aliphatic heterocycles. The summed E-state index contributed by atoms with van der Waals surface area (Å²) in [5.41, 5.74) is 2.36. The number of amides is 1. The van der Waals surface area contributed by atoms with Gasteiger partial charge in [0.1, 0.15) is 6.61 Å². The molecule has 5 nitrogen and oxygen atoms in total. The number of carbonyl (C=O) groups is 1. The van der Waals surface area contributed by atoms with Crippen molar-refractivity contribution in [1.29, 1.82) is 0 Å². The van der Waals surface area contributed by atoms with E-state index in [1.54, 1.807) is 6.07 Å². The van der Waals surface area contributed by atoms with Gasteiger partial charge in [-0.2, -0.15) is 0 Å². The lowest BCUT2D eigenvalue weighted by atomic mass is 10.1. The molecule has 0 bridgehead atoms. The number of aromatic nitrogens is 1. The molecule has 0 aliphatic carbocycles. The van der Waals surface area contributed by atoms with Crippen molar-refractivity contribution in [3.05, 3.63) is 71.8 Å². The molecule has 0 spiro atoms. The maximum absolute atomic E-state index is 12.8. The van der Waals surface area contributed by atoms with E-state index in [-0.39, 0.29) is 12.0 Å². The molecule has 2 heterocycles. The zero-order chi connectivity index (χ0) is 18.5. The van der Waals surface area contributed by atoms with Gasteiger partial charge in [-0.25, -0.2) is 4.98 Å². The van der Waals surface area contributed by atoms with Crippen molar-refractivity contribution in [2.45, 2.75) is 25.6 Å². The fourth-order valence-electron chi connectivity index (χ4n) is 3.25. The van der Waals surface area contributed by atoms with Crippen LogP contribution in [0.25, 0.3) is 10.9 Å². The Morgan fingerprint density at radius 3 is 2.78 bits per heavy atom. The smallest absolute Gasteiger partial charge is 0.252 e. The molecule has 0 radical (unpaired) electrons. The number of ether oxygens (including phenoxy) is 2. The Kier molecular flexibility index (Phi) is 5.30. The molecule has 1 aromatic heterocycles. The minimum absolute atomic E-state index is 0.107. The fourth-order valence-corrected chi connectivity index (χ4v) is 3.25. The highest BCUT2D eigenvalue weighted by Crippen LogP contribution is 2.23. The van der Waals surface area contributed by atoms with Crippen LogP contribution in [0.1, 0.15) is 28.8 Å². The van der Waals surface area contributed by atoms with E-state index < -0.39 is 0 Å². The first-order chi connectivity index (χ1) is 13.3. The number of rotatable bonds is 6. The summed E-state index contributed by atoms with van der Waals surface area (Å²) >= 11 is 0. The van der Waals surface area contributed by atoms with E-state index >= 15 is 0 Å². The van der Waals surface area contributed by atoms with Crippen LogP contribution in [0.5, 0.6) is 5.88 Å². The molecule has 138 valence electrons. The van der Waals surface area contributed by atoms with E-state index in [1.165, 1.54) is 0 Å². The molecule has 0 saturated carbocycles. The summed E-state index contributed by atoms with van der Waals surface area (Å²) in [7, 11) is 0. The van der Waals surface area contributed by atoms with Crippen LogP contribution >= 0.6 is 0 Å². The lowest BCUT2D eigenvalue weighted by molar-refractivity contribution is 0.0858. The van der Waals surface area contributed by atoms with Crippen LogP contribution in [-0.4, -0.2) is 30.1 Å². The average molecular weight is 362 g/mol. The van der Waals surface area contributed by atoms with E-state index in [2.05, 4.69) is 10.3 Å². The van der Waals surface area contributed by atoms with Gasteiger partial charge in [0.25, 0.3) is 5.91 Å². The van der Waals surface area contributed by atoms with Crippen LogP contribution < -0.4 is 10.1 Å². The van der Waals surface area contributed by atoms with Crippen molar-refractivity contribution in [3.8, 4) is 5.88 Å². The van der Waals surface area contributed by atoms with Crippen molar-refractivity contribution < 1.29 is 14.3 Å². The lowest BCUT2D eigenvalue weighted by Gasteiger charge is -2.13. The number of hydrogen-bond donors (Lipinski definition) is 1. The van der Waals surface area contributed by atoms with Crippen LogP contribution in [0.4, 0.5) is 0 Å². The van der Waals surface area contributed by atoms with Gasteiger partial charge in [-0.15, -0.1) is 0 Å². The third-order valence-electron chi connectivity index (χ3n) is 4.68. The van der Waals surface area contributed by atoms with Crippen molar-refractivity contribution in [2.24, 2.45) is 0 Å². The second kappa shape index (κ2) is 8.18. The number of fused-ring (bicyclic) bond motifs is 1. The van der Waals surface area contributed by atoms with Gasteiger partial charge in [0.05, 0.1) is 17.2 Å². The van der Waals surface area contributed by atoms with Crippen molar-refractivity contribution >= 4 is 16.8 Å². The summed E-state index contributed by atoms with van der Waals surface area (Å²) < 4.78 is 11.4. The number of benzene rings is 2. The first-order valence-corrected chi connectivity index (χ1v) is 9.26. The maximum atomic E-state index is 12.8. The Labute approximate surface area is 158 Å². The lowest BCUT2D eigenvalue weighted by Crippen LogP contribution is -2.31. The molecule has 1 fully saturated rings. The Morgan fingerprint density at radius 2 is 1.96 bits per heavy atom. The predicted octanol–water partition coefficient (Wildman–Crippen LogP) is 3.72. The predicted molar refractivity (Wildman–Crippen MR) is 104 cm³/mol. The first kappa shape index (κ1) is 17.5. The minimum Gasteiger partial charge on any atom is -0.473 e. The molecule has 5 heteroatoms. The zero-order valence-corrected chi connectivity index (χ0v) is 15.1. The van der Waals surface area contributed by atoms with E-state index in [9.17, 15) is 4.79 Å². The van der Waals surface area contributed by atoms with Gasteiger partial charge in [-0.05, 0) is 24.5 Å². The molecule has 1 atom stereocenters. The van der Waals surface area contributed by atoms with Crippen LogP contribution in [-0.2, 0) is 11.3 Å². The monoisotopic (exact) mass is 362 g/mol. The van der Waals surface area contributed by atoms with Gasteiger partial charge in [-0.1, -0.05) is 48.5 Å². The van der Waals surface area contributed by atoms with Gasteiger partial charge < -0.3 is 14.8 Å².